The van der Waals surface area contributed by atoms with Crippen molar-refractivity contribution in [2.75, 3.05) is 38.1 Å². The number of carbonyl (C=O) groups is 1. The van der Waals surface area contributed by atoms with Gasteiger partial charge in [0.2, 0.25) is 0 Å². The first kappa shape index (κ1) is 23.0. The molecule has 4 radical (unpaired) electrons. The number of pyridine rings is 3. The van der Waals surface area contributed by atoms with Gasteiger partial charge >= 0.3 is 0 Å². The van der Waals surface area contributed by atoms with Gasteiger partial charge in [-0.2, -0.15) is 0 Å². The van der Waals surface area contributed by atoms with Crippen LogP contribution in [0.5, 0.6) is 0 Å². The highest BCUT2D eigenvalue weighted by atomic mass is 19.1. The molecule has 0 bridgehead atoms. The van der Waals surface area contributed by atoms with Gasteiger partial charge in [0.05, 0.1) is 38.6 Å². The summed E-state index contributed by atoms with van der Waals surface area (Å²) in [5, 5.41) is 1.06. The minimum atomic E-state index is -1.31. The Morgan fingerprint density at radius 1 is 1.18 bits per heavy atom. The number of amides is 1. The number of rotatable bonds is 5. The van der Waals surface area contributed by atoms with E-state index in [0.29, 0.717) is 60.4 Å². The monoisotopic (exact) mass is 444 g/mol. The predicted octanol–water partition coefficient (Wildman–Crippen LogP) is 0.649. The van der Waals surface area contributed by atoms with Gasteiger partial charge in [0.1, 0.15) is 0 Å². The Balaban J connectivity index is 1.50. The fraction of sp³-hybridized carbons (Fsp3) is 0.364. The quantitative estimate of drug-likeness (QED) is 0.562. The lowest BCUT2D eigenvalue weighted by atomic mass is 9.57. The molecule has 11 heteroatoms. The minimum Gasteiger partial charge on any atom is -0.368 e. The van der Waals surface area contributed by atoms with Crippen LogP contribution in [0.4, 0.5) is 10.1 Å². The Labute approximate surface area is 193 Å². The minimum absolute atomic E-state index is 0.152. The number of halogens is 1. The van der Waals surface area contributed by atoms with Gasteiger partial charge in [0, 0.05) is 51.1 Å². The number of anilines is 1. The second-order valence-electron chi connectivity index (χ2n) is 8.04. The van der Waals surface area contributed by atoms with E-state index >= 15 is 0 Å². The molecule has 166 valence electrons. The Morgan fingerprint density at radius 2 is 1.91 bits per heavy atom. The van der Waals surface area contributed by atoms with Gasteiger partial charge in [-0.3, -0.25) is 14.6 Å². The molecular formula is C22H23B2FN6O2. The summed E-state index contributed by atoms with van der Waals surface area (Å²) in [7, 11) is 14.4. The number of nitrogens with one attached hydrogen (secondary N) is 2. The van der Waals surface area contributed by atoms with Crippen LogP contribution in [0.15, 0.2) is 35.4 Å². The molecule has 1 aliphatic rings. The summed E-state index contributed by atoms with van der Waals surface area (Å²) in [5.74, 6) is -1.25. The lowest BCUT2D eigenvalue weighted by molar-refractivity contribution is 0.0953. The average Bonchev–Trinajstić information content (AvgIpc) is 2.82. The molecule has 3 aromatic rings. The van der Waals surface area contributed by atoms with Crippen LogP contribution in [0.2, 0.25) is 0 Å². The molecule has 4 heterocycles. The Bertz CT molecular complexity index is 1260. The van der Waals surface area contributed by atoms with Gasteiger partial charge in [-0.25, -0.2) is 9.37 Å². The summed E-state index contributed by atoms with van der Waals surface area (Å²) in [6.07, 6.45) is 3.73. The zero-order valence-corrected chi connectivity index (χ0v) is 18.6. The molecule has 0 atom stereocenters. The Morgan fingerprint density at radius 3 is 2.55 bits per heavy atom. The van der Waals surface area contributed by atoms with Crippen LogP contribution in [0.3, 0.4) is 0 Å². The maximum Gasteiger partial charge on any atom is 0.272 e. The van der Waals surface area contributed by atoms with Crippen molar-refractivity contribution in [2.24, 2.45) is 0 Å². The number of H-pyrrole nitrogens is 1. The summed E-state index contributed by atoms with van der Waals surface area (Å²) in [4.78, 5) is 39.0. The molecule has 1 aliphatic heterocycles. The third-order valence-electron chi connectivity index (χ3n) is 6.05. The van der Waals surface area contributed by atoms with E-state index in [1.54, 1.807) is 18.3 Å². The number of carbonyl (C=O) groups excluding carboxylic acids is 1. The molecule has 0 spiro atoms. The van der Waals surface area contributed by atoms with Crippen LogP contribution in [0.25, 0.3) is 11.0 Å². The Kier molecular flexibility index (Phi) is 6.25. The van der Waals surface area contributed by atoms with E-state index in [2.05, 4.69) is 20.3 Å². The molecule has 1 saturated heterocycles. The SMILES string of the molecule is [B]C([B])(c1cnc2cc(CC)c(=O)[nH]c2c1)N1CCN(c2cnc(C(=O)NC)c(F)c2)CC1. The van der Waals surface area contributed by atoms with Gasteiger partial charge in [0.15, 0.2) is 11.5 Å². The molecule has 33 heavy (non-hydrogen) atoms. The van der Waals surface area contributed by atoms with E-state index < -0.39 is 17.1 Å². The summed E-state index contributed by atoms with van der Waals surface area (Å²) in [6.45, 7) is 4.00. The standard InChI is InChI=1S/C22H23B2FN6O2/c1-3-13-8-17-18(29-20(13)32)9-14(11-27-17)22(23,24)31-6-4-30(5-7-31)15-10-16(25)19(28-12-15)21(33)26-2/h8-12H,3-7H2,1-2H3,(H,26,33)(H,29,32). The molecule has 0 aromatic carbocycles. The summed E-state index contributed by atoms with van der Waals surface area (Å²) in [6, 6.07) is 4.83. The van der Waals surface area contributed by atoms with Crippen LogP contribution in [0, 0.1) is 5.82 Å². The molecule has 1 amide bonds. The molecular weight excluding hydrogens is 421 g/mol. The number of fused-ring (bicyclic) bond motifs is 1. The molecule has 0 saturated carbocycles. The highest BCUT2D eigenvalue weighted by Gasteiger charge is 2.31. The van der Waals surface area contributed by atoms with E-state index in [9.17, 15) is 14.0 Å². The first-order valence-corrected chi connectivity index (χ1v) is 10.7. The zero-order valence-electron chi connectivity index (χ0n) is 18.6. The molecule has 8 nitrogen and oxygen atoms in total. The Hall–Kier alpha value is -3.20. The number of hydrogen-bond donors (Lipinski definition) is 2. The highest BCUT2D eigenvalue weighted by Crippen LogP contribution is 2.26. The predicted molar refractivity (Wildman–Crippen MR) is 126 cm³/mol. The van der Waals surface area contributed by atoms with E-state index in [1.165, 1.54) is 19.3 Å². The van der Waals surface area contributed by atoms with Crippen molar-refractivity contribution in [3.8, 4) is 0 Å². The van der Waals surface area contributed by atoms with Gasteiger partial charge < -0.3 is 20.1 Å². The van der Waals surface area contributed by atoms with Crippen molar-refractivity contribution >= 4 is 38.3 Å². The summed E-state index contributed by atoms with van der Waals surface area (Å²) in [5.41, 5.74) is 2.68. The molecule has 0 aliphatic carbocycles. The third-order valence-corrected chi connectivity index (χ3v) is 6.05. The number of aromatic nitrogens is 3. The second kappa shape index (κ2) is 8.97. The lowest BCUT2D eigenvalue weighted by Gasteiger charge is -2.45. The third kappa shape index (κ3) is 4.37. The number of nitrogens with zero attached hydrogens (tertiary/aromatic N) is 4. The molecule has 3 aromatic heterocycles. The largest absolute Gasteiger partial charge is 0.368 e. The first-order valence-electron chi connectivity index (χ1n) is 10.7. The van der Waals surface area contributed by atoms with Crippen molar-refractivity contribution in [3.05, 3.63) is 63.6 Å². The van der Waals surface area contributed by atoms with E-state index in [1.807, 2.05) is 16.7 Å². The van der Waals surface area contributed by atoms with Crippen LogP contribution in [-0.2, 0) is 11.8 Å². The second-order valence-corrected chi connectivity index (χ2v) is 8.04. The molecule has 0 unspecified atom stereocenters. The number of aryl methyl sites for hydroxylation is 1. The maximum atomic E-state index is 14.3. The van der Waals surface area contributed by atoms with Crippen molar-refractivity contribution in [3.63, 3.8) is 0 Å². The number of aromatic amines is 1. The van der Waals surface area contributed by atoms with Crippen molar-refractivity contribution in [2.45, 2.75) is 18.7 Å². The van der Waals surface area contributed by atoms with Crippen molar-refractivity contribution in [1.82, 2.24) is 25.2 Å². The fourth-order valence-corrected chi connectivity index (χ4v) is 4.01. The van der Waals surface area contributed by atoms with Crippen molar-refractivity contribution in [1.29, 1.82) is 0 Å². The summed E-state index contributed by atoms with van der Waals surface area (Å²) >= 11 is 0. The smallest absolute Gasteiger partial charge is 0.272 e. The normalized spacial score (nSPS) is 15.1. The van der Waals surface area contributed by atoms with Gasteiger partial charge in [0.25, 0.3) is 11.5 Å². The summed E-state index contributed by atoms with van der Waals surface area (Å²) < 4.78 is 14.3. The first-order chi connectivity index (χ1) is 15.7. The van der Waals surface area contributed by atoms with Crippen LogP contribution >= 0.6 is 0 Å². The van der Waals surface area contributed by atoms with E-state index in [4.69, 9.17) is 15.7 Å². The van der Waals surface area contributed by atoms with Crippen LogP contribution in [-0.4, -0.2) is 74.7 Å². The average molecular weight is 444 g/mol. The highest BCUT2D eigenvalue weighted by molar-refractivity contribution is 6.39. The fourth-order valence-electron chi connectivity index (χ4n) is 4.01. The van der Waals surface area contributed by atoms with Gasteiger partial charge in [-0.1, -0.05) is 6.92 Å². The number of piperazine rings is 1. The molecule has 1 fully saturated rings. The van der Waals surface area contributed by atoms with E-state index in [-0.39, 0.29) is 11.3 Å². The molecule has 4 rings (SSSR count). The van der Waals surface area contributed by atoms with Gasteiger partial charge in [-0.15, -0.1) is 0 Å². The topological polar surface area (TPSA) is 94.2 Å². The lowest BCUT2D eigenvalue weighted by Crippen LogP contribution is -2.56. The van der Waals surface area contributed by atoms with E-state index in [0.717, 1.165) is 0 Å². The maximum absolute atomic E-state index is 14.3. The van der Waals surface area contributed by atoms with Crippen LogP contribution < -0.4 is 15.8 Å². The van der Waals surface area contributed by atoms with Crippen molar-refractivity contribution < 1.29 is 9.18 Å². The molecule has 2 N–H and O–H groups in total. The number of hydrogen-bond acceptors (Lipinski definition) is 6. The van der Waals surface area contributed by atoms with Crippen LogP contribution in [0.1, 0.15) is 28.5 Å². The zero-order chi connectivity index (χ0) is 23.8. The van der Waals surface area contributed by atoms with Gasteiger partial charge in [-0.05, 0) is 29.5 Å².